The van der Waals surface area contributed by atoms with Crippen LogP contribution >= 0.6 is 0 Å². The van der Waals surface area contributed by atoms with Crippen LogP contribution in [0.2, 0.25) is 0 Å². The third kappa shape index (κ3) is 4.09. The lowest BCUT2D eigenvalue weighted by Gasteiger charge is -2.33. The number of rotatable bonds is 3. The minimum atomic E-state index is -0.343. The van der Waals surface area contributed by atoms with E-state index in [1.807, 2.05) is 0 Å². The second-order valence-corrected chi connectivity index (χ2v) is 6.79. The highest BCUT2D eigenvalue weighted by atomic mass is 19.1. The Balaban J connectivity index is 1.53. The molecule has 0 bridgehead atoms. The summed E-state index contributed by atoms with van der Waals surface area (Å²) in [6.45, 7) is 0.558. The number of nitrogens with one attached hydrogen (secondary N) is 1. The van der Waals surface area contributed by atoms with Crippen molar-refractivity contribution in [1.82, 2.24) is 15.0 Å². The van der Waals surface area contributed by atoms with Crippen LogP contribution in [0.15, 0.2) is 53.1 Å². The zero-order chi connectivity index (χ0) is 20.2. The number of nitrogens with zero attached hydrogens (tertiary/aromatic N) is 4. The number of anilines is 1. The Hall–Kier alpha value is -3.73. The van der Waals surface area contributed by atoms with Crippen molar-refractivity contribution in [3.63, 3.8) is 0 Å². The van der Waals surface area contributed by atoms with Gasteiger partial charge in [0.05, 0.1) is 11.6 Å². The van der Waals surface area contributed by atoms with E-state index < -0.39 is 0 Å². The summed E-state index contributed by atoms with van der Waals surface area (Å²) in [5.41, 5.74) is 1.66. The van der Waals surface area contributed by atoms with Crippen molar-refractivity contribution >= 4 is 11.7 Å². The zero-order valence-corrected chi connectivity index (χ0v) is 15.5. The molecule has 1 aliphatic heterocycles. The second kappa shape index (κ2) is 8.10. The van der Waals surface area contributed by atoms with Crippen LogP contribution in [0, 0.1) is 17.1 Å². The highest BCUT2D eigenvalue weighted by Gasteiger charge is 2.32. The van der Waals surface area contributed by atoms with Crippen molar-refractivity contribution in [3.8, 4) is 17.5 Å². The summed E-state index contributed by atoms with van der Waals surface area (Å²) in [5, 5.41) is 15.8. The van der Waals surface area contributed by atoms with Gasteiger partial charge in [0.1, 0.15) is 11.9 Å². The first-order valence-corrected chi connectivity index (χ1v) is 9.31. The molecule has 4 rings (SSSR count). The van der Waals surface area contributed by atoms with Gasteiger partial charge < -0.3 is 14.7 Å². The lowest BCUT2D eigenvalue weighted by atomic mass is 10.0. The Morgan fingerprint density at radius 1 is 1.24 bits per heavy atom. The van der Waals surface area contributed by atoms with Crippen LogP contribution in [-0.4, -0.2) is 27.6 Å². The molecule has 2 amide bonds. The third-order valence-corrected chi connectivity index (χ3v) is 4.84. The molecular weight excluding hydrogens is 373 g/mol. The fraction of sp³-hybridized carbons (Fsp3) is 0.238. The van der Waals surface area contributed by atoms with Crippen molar-refractivity contribution in [2.45, 2.75) is 25.3 Å². The van der Waals surface area contributed by atoms with Crippen molar-refractivity contribution in [2.75, 3.05) is 11.9 Å². The van der Waals surface area contributed by atoms with Crippen LogP contribution < -0.4 is 5.32 Å². The second-order valence-electron chi connectivity index (χ2n) is 6.79. The first kappa shape index (κ1) is 18.6. The Morgan fingerprint density at radius 2 is 2.07 bits per heavy atom. The lowest BCUT2D eigenvalue weighted by molar-refractivity contribution is 0.142. The summed E-state index contributed by atoms with van der Waals surface area (Å²) in [6.07, 6.45) is 2.52. The van der Waals surface area contributed by atoms with Gasteiger partial charge in [-0.05, 0) is 61.7 Å². The molecule has 1 fully saturated rings. The average Bonchev–Trinajstić information content (AvgIpc) is 3.24. The van der Waals surface area contributed by atoms with Crippen LogP contribution in [0.3, 0.4) is 0 Å². The maximum Gasteiger partial charge on any atom is 0.322 e. The Kier molecular flexibility index (Phi) is 5.20. The summed E-state index contributed by atoms with van der Waals surface area (Å²) in [5.74, 6) is 0.366. The summed E-state index contributed by atoms with van der Waals surface area (Å²) >= 11 is 0. The number of nitriles is 1. The number of likely N-dealkylation sites (tertiary alicyclic amines) is 1. The fourth-order valence-corrected chi connectivity index (χ4v) is 3.38. The molecule has 1 aliphatic rings. The molecule has 0 aliphatic carbocycles. The first-order valence-electron chi connectivity index (χ1n) is 9.31. The summed E-state index contributed by atoms with van der Waals surface area (Å²) < 4.78 is 18.6. The van der Waals surface area contributed by atoms with Crippen molar-refractivity contribution in [2.24, 2.45) is 0 Å². The van der Waals surface area contributed by atoms with Crippen LogP contribution in [0.5, 0.6) is 0 Å². The number of carbonyl (C=O) groups excluding carboxylic acids is 1. The van der Waals surface area contributed by atoms with E-state index in [0.29, 0.717) is 41.5 Å². The van der Waals surface area contributed by atoms with E-state index in [0.717, 1.165) is 12.8 Å². The van der Waals surface area contributed by atoms with E-state index >= 15 is 0 Å². The van der Waals surface area contributed by atoms with Gasteiger partial charge in [-0.2, -0.15) is 10.2 Å². The highest BCUT2D eigenvalue weighted by molar-refractivity contribution is 5.89. The zero-order valence-electron chi connectivity index (χ0n) is 15.5. The SMILES string of the molecule is N#Cc1cccc(NC(=O)N2CCCCC2c2nc(-c3ccc(F)cc3)no2)c1. The number of hydrogen-bond acceptors (Lipinski definition) is 5. The number of hydrogen-bond donors (Lipinski definition) is 1. The standard InChI is InChI=1S/C21H18FN5O2/c22-16-9-7-15(8-10-16)19-25-20(29-26-19)18-6-1-2-11-27(18)21(28)24-17-5-3-4-14(12-17)13-23/h3-5,7-10,12,18H,1-2,6,11H2,(H,24,28). The Bertz CT molecular complexity index is 1060. The molecule has 0 spiro atoms. The van der Waals surface area contributed by atoms with Crippen molar-refractivity contribution in [1.29, 1.82) is 5.26 Å². The van der Waals surface area contributed by atoms with Crippen LogP contribution in [-0.2, 0) is 0 Å². The van der Waals surface area contributed by atoms with E-state index in [1.165, 1.54) is 12.1 Å². The maximum absolute atomic E-state index is 13.1. The third-order valence-electron chi connectivity index (χ3n) is 4.84. The average molecular weight is 391 g/mol. The minimum absolute atomic E-state index is 0.286. The van der Waals surface area contributed by atoms with Gasteiger partial charge in [-0.1, -0.05) is 11.2 Å². The maximum atomic E-state index is 13.1. The minimum Gasteiger partial charge on any atom is -0.337 e. The molecule has 8 heteroatoms. The number of urea groups is 1. The molecule has 7 nitrogen and oxygen atoms in total. The molecule has 1 atom stereocenters. The first-order chi connectivity index (χ1) is 14.1. The van der Waals surface area contributed by atoms with Crippen LogP contribution in [0.4, 0.5) is 14.9 Å². The van der Waals surface area contributed by atoms with Gasteiger partial charge in [0.25, 0.3) is 0 Å². The molecule has 1 N–H and O–H groups in total. The molecule has 1 saturated heterocycles. The van der Waals surface area contributed by atoms with E-state index in [9.17, 15) is 9.18 Å². The Labute approximate surface area is 166 Å². The number of piperidine rings is 1. The molecule has 0 saturated carbocycles. The van der Waals surface area contributed by atoms with Gasteiger partial charge in [-0.3, -0.25) is 0 Å². The molecule has 2 heterocycles. The number of halogens is 1. The molecule has 3 aromatic rings. The van der Waals surface area contributed by atoms with E-state index in [-0.39, 0.29) is 17.9 Å². The number of carbonyl (C=O) groups is 1. The quantitative estimate of drug-likeness (QED) is 0.709. The predicted molar refractivity (Wildman–Crippen MR) is 103 cm³/mol. The van der Waals surface area contributed by atoms with Gasteiger partial charge in [0.15, 0.2) is 0 Å². The predicted octanol–water partition coefficient (Wildman–Crippen LogP) is 4.51. The van der Waals surface area contributed by atoms with E-state index in [2.05, 4.69) is 21.5 Å². The molecule has 2 aromatic carbocycles. The highest BCUT2D eigenvalue weighted by Crippen LogP contribution is 2.31. The van der Waals surface area contributed by atoms with Gasteiger partial charge >= 0.3 is 6.03 Å². The monoisotopic (exact) mass is 391 g/mol. The van der Waals surface area contributed by atoms with Gasteiger partial charge in [-0.15, -0.1) is 0 Å². The molecule has 1 unspecified atom stereocenters. The van der Waals surface area contributed by atoms with Crippen LogP contribution in [0.25, 0.3) is 11.4 Å². The smallest absolute Gasteiger partial charge is 0.322 e. The van der Waals surface area contributed by atoms with Gasteiger partial charge in [-0.25, -0.2) is 9.18 Å². The molecular formula is C21H18FN5O2. The Morgan fingerprint density at radius 3 is 2.86 bits per heavy atom. The molecule has 29 heavy (non-hydrogen) atoms. The van der Waals surface area contributed by atoms with E-state index in [4.69, 9.17) is 9.78 Å². The number of aromatic nitrogens is 2. The van der Waals surface area contributed by atoms with Gasteiger partial charge in [0, 0.05) is 17.8 Å². The van der Waals surface area contributed by atoms with Crippen molar-refractivity contribution < 1.29 is 13.7 Å². The topological polar surface area (TPSA) is 95.1 Å². The molecule has 146 valence electrons. The van der Waals surface area contributed by atoms with Crippen LogP contribution in [0.1, 0.15) is 36.8 Å². The summed E-state index contributed by atoms with van der Waals surface area (Å²) in [7, 11) is 0. The summed E-state index contributed by atoms with van der Waals surface area (Å²) in [4.78, 5) is 19.0. The van der Waals surface area contributed by atoms with E-state index in [1.54, 1.807) is 41.3 Å². The number of benzene rings is 2. The fourth-order valence-electron chi connectivity index (χ4n) is 3.38. The lowest BCUT2D eigenvalue weighted by Crippen LogP contribution is -2.41. The largest absolute Gasteiger partial charge is 0.337 e. The van der Waals surface area contributed by atoms with Gasteiger partial charge in [0.2, 0.25) is 11.7 Å². The number of amides is 2. The summed E-state index contributed by atoms with van der Waals surface area (Å²) in [6, 6.07) is 14.0. The van der Waals surface area contributed by atoms with Crippen molar-refractivity contribution in [3.05, 3.63) is 65.8 Å². The normalized spacial score (nSPS) is 16.3. The molecule has 1 aromatic heterocycles. The molecule has 0 radical (unpaired) electrons.